The summed E-state index contributed by atoms with van der Waals surface area (Å²) in [5.41, 5.74) is 6.73. The van der Waals surface area contributed by atoms with Crippen LogP contribution in [0.2, 0.25) is 0 Å². The summed E-state index contributed by atoms with van der Waals surface area (Å²) in [5, 5.41) is 0. The van der Waals surface area contributed by atoms with E-state index in [1.54, 1.807) is 24.3 Å². The van der Waals surface area contributed by atoms with Gasteiger partial charge in [0.2, 0.25) is 0 Å². The zero-order chi connectivity index (χ0) is 11.3. The molecule has 82 valence electrons. The fourth-order valence-electron chi connectivity index (χ4n) is 2.38. The number of hydrogen-bond acceptors (Lipinski definition) is 3. The average Bonchev–Trinajstić information content (AvgIpc) is 2.49. The minimum absolute atomic E-state index is 0.00222. The van der Waals surface area contributed by atoms with E-state index in [2.05, 4.69) is 0 Å². The van der Waals surface area contributed by atoms with Crippen LogP contribution in [-0.4, -0.2) is 28.8 Å². The fourth-order valence-corrected chi connectivity index (χ4v) is 2.38. The molecule has 0 unspecified atom stereocenters. The Morgan fingerprint density at radius 1 is 1.06 bits per heavy atom. The van der Waals surface area contributed by atoms with Crippen molar-refractivity contribution in [1.29, 1.82) is 0 Å². The zero-order valence-corrected chi connectivity index (χ0v) is 8.72. The minimum Gasteiger partial charge on any atom is -0.328 e. The van der Waals surface area contributed by atoms with Gasteiger partial charge in [0.1, 0.15) is 0 Å². The van der Waals surface area contributed by atoms with Gasteiger partial charge in [0.25, 0.3) is 11.8 Å². The fraction of sp³-hybridized carbons (Fsp3) is 0.333. The van der Waals surface area contributed by atoms with E-state index >= 15 is 0 Å². The number of hydrogen-bond donors (Lipinski definition) is 1. The van der Waals surface area contributed by atoms with Crippen molar-refractivity contribution in [3.63, 3.8) is 0 Å². The average molecular weight is 216 g/mol. The lowest BCUT2D eigenvalue weighted by Gasteiger charge is -2.37. The van der Waals surface area contributed by atoms with Gasteiger partial charge in [0.15, 0.2) is 0 Å². The number of imide groups is 1. The number of carbonyl (C=O) groups excluding carboxylic acids is 2. The van der Waals surface area contributed by atoms with Crippen LogP contribution >= 0.6 is 0 Å². The standard InChI is InChI=1S/C12H12N2O2/c13-7-5-8(6-7)14-11(15)9-3-1-2-4-10(9)12(14)16/h1-4,7-8H,5-6,13H2. The highest BCUT2D eigenvalue weighted by molar-refractivity contribution is 6.21. The third kappa shape index (κ3) is 1.13. The largest absolute Gasteiger partial charge is 0.328 e. The first-order chi connectivity index (χ1) is 7.68. The van der Waals surface area contributed by atoms with Gasteiger partial charge in [0, 0.05) is 12.1 Å². The smallest absolute Gasteiger partial charge is 0.261 e. The summed E-state index contributed by atoms with van der Waals surface area (Å²) in [6.07, 6.45) is 1.46. The van der Waals surface area contributed by atoms with Crippen LogP contribution in [0.1, 0.15) is 33.6 Å². The monoisotopic (exact) mass is 216 g/mol. The Bertz CT molecular complexity index is 443. The number of rotatable bonds is 1. The molecule has 1 aromatic rings. The second-order valence-electron chi connectivity index (χ2n) is 4.41. The summed E-state index contributed by atoms with van der Waals surface area (Å²) in [6.45, 7) is 0. The Morgan fingerprint density at radius 3 is 2.00 bits per heavy atom. The first-order valence-corrected chi connectivity index (χ1v) is 5.41. The molecule has 1 aliphatic heterocycles. The van der Waals surface area contributed by atoms with E-state index in [1.807, 2.05) is 0 Å². The van der Waals surface area contributed by atoms with Crippen LogP contribution in [0.15, 0.2) is 24.3 Å². The summed E-state index contributed by atoms with van der Waals surface area (Å²) < 4.78 is 0. The number of nitrogens with zero attached hydrogens (tertiary/aromatic N) is 1. The van der Waals surface area contributed by atoms with Crippen LogP contribution in [0.3, 0.4) is 0 Å². The molecule has 1 aliphatic carbocycles. The summed E-state index contributed by atoms with van der Waals surface area (Å²) in [7, 11) is 0. The Labute approximate surface area is 93.0 Å². The van der Waals surface area contributed by atoms with Crippen LogP contribution < -0.4 is 5.73 Å². The molecule has 2 amide bonds. The number of fused-ring (bicyclic) bond motifs is 1. The molecule has 1 heterocycles. The van der Waals surface area contributed by atoms with E-state index in [4.69, 9.17) is 5.73 Å². The maximum absolute atomic E-state index is 12.0. The van der Waals surface area contributed by atoms with Gasteiger partial charge in [-0.1, -0.05) is 12.1 Å². The molecular weight excluding hydrogens is 204 g/mol. The summed E-state index contributed by atoms with van der Waals surface area (Å²) >= 11 is 0. The molecule has 0 spiro atoms. The van der Waals surface area contributed by atoms with Crippen LogP contribution in [0.5, 0.6) is 0 Å². The van der Waals surface area contributed by atoms with Gasteiger partial charge in [-0.25, -0.2) is 0 Å². The molecule has 2 N–H and O–H groups in total. The lowest BCUT2D eigenvalue weighted by molar-refractivity contribution is 0.0483. The van der Waals surface area contributed by atoms with Crippen molar-refractivity contribution in [2.24, 2.45) is 5.73 Å². The highest BCUT2D eigenvalue weighted by Crippen LogP contribution is 2.32. The van der Waals surface area contributed by atoms with Crippen molar-refractivity contribution in [2.45, 2.75) is 24.9 Å². The van der Waals surface area contributed by atoms with Gasteiger partial charge < -0.3 is 5.73 Å². The molecule has 2 aliphatic rings. The predicted molar refractivity (Wildman–Crippen MR) is 57.9 cm³/mol. The van der Waals surface area contributed by atoms with Crippen LogP contribution in [-0.2, 0) is 0 Å². The van der Waals surface area contributed by atoms with Crippen LogP contribution in [0.4, 0.5) is 0 Å². The van der Waals surface area contributed by atoms with Crippen LogP contribution in [0, 0.1) is 0 Å². The first-order valence-electron chi connectivity index (χ1n) is 5.41. The molecule has 0 aromatic heterocycles. The van der Waals surface area contributed by atoms with Gasteiger partial charge in [-0.2, -0.15) is 0 Å². The van der Waals surface area contributed by atoms with E-state index < -0.39 is 0 Å². The van der Waals surface area contributed by atoms with Crippen molar-refractivity contribution in [2.75, 3.05) is 0 Å². The summed E-state index contributed by atoms with van der Waals surface area (Å²) in [4.78, 5) is 25.4. The molecule has 1 fully saturated rings. The highest BCUT2D eigenvalue weighted by atomic mass is 16.2. The normalized spacial score (nSPS) is 27.9. The van der Waals surface area contributed by atoms with Crippen molar-refractivity contribution >= 4 is 11.8 Å². The van der Waals surface area contributed by atoms with Crippen molar-refractivity contribution in [3.05, 3.63) is 35.4 Å². The molecule has 1 aromatic carbocycles. The molecular formula is C12H12N2O2. The third-order valence-electron chi connectivity index (χ3n) is 3.34. The number of amides is 2. The quantitative estimate of drug-likeness (QED) is 0.705. The van der Waals surface area contributed by atoms with E-state index in [0.717, 1.165) is 12.8 Å². The lowest BCUT2D eigenvalue weighted by Crippen LogP contribution is -2.52. The second kappa shape index (κ2) is 3.15. The van der Waals surface area contributed by atoms with E-state index in [0.29, 0.717) is 11.1 Å². The number of benzene rings is 1. The Hall–Kier alpha value is -1.68. The summed E-state index contributed by atoms with van der Waals surface area (Å²) in [5.74, 6) is -0.338. The molecule has 0 bridgehead atoms. The van der Waals surface area contributed by atoms with Crippen molar-refractivity contribution < 1.29 is 9.59 Å². The zero-order valence-electron chi connectivity index (χ0n) is 8.72. The molecule has 16 heavy (non-hydrogen) atoms. The number of nitrogens with two attached hydrogens (primary N) is 1. The van der Waals surface area contributed by atoms with Crippen LogP contribution in [0.25, 0.3) is 0 Å². The maximum atomic E-state index is 12.0. The SMILES string of the molecule is NC1CC(N2C(=O)c3ccccc3C2=O)C1. The highest BCUT2D eigenvalue weighted by Gasteiger charge is 2.43. The molecule has 3 rings (SSSR count). The van der Waals surface area contributed by atoms with Crippen molar-refractivity contribution in [3.8, 4) is 0 Å². The molecule has 4 heteroatoms. The molecule has 1 saturated carbocycles. The van der Waals surface area contributed by atoms with E-state index in [1.165, 1.54) is 4.90 Å². The van der Waals surface area contributed by atoms with Gasteiger partial charge >= 0.3 is 0 Å². The molecule has 0 saturated heterocycles. The Kier molecular flexibility index (Phi) is 1.88. The summed E-state index contributed by atoms with van der Waals surface area (Å²) in [6, 6.07) is 7.10. The van der Waals surface area contributed by atoms with Crippen molar-refractivity contribution in [1.82, 2.24) is 4.90 Å². The Morgan fingerprint density at radius 2 is 1.56 bits per heavy atom. The minimum atomic E-state index is -0.169. The second-order valence-corrected chi connectivity index (χ2v) is 4.41. The van der Waals surface area contributed by atoms with Gasteiger partial charge in [0.05, 0.1) is 11.1 Å². The molecule has 4 nitrogen and oxygen atoms in total. The Balaban J connectivity index is 1.96. The third-order valence-corrected chi connectivity index (χ3v) is 3.34. The van der Waals surface area contributed by atoms with Gasteiger partial charge in [-0.3, -0.25) is 14.5 Å². The molecule has 0 radical (unpaired) electrons. The van der Waals surface area contributed by atoms with Gasteiger partial charge in [-0.15, -0.1) is 0 Å². The topological polar surface area (TPSA) is 63.4 Å². The van der Waals surface area contributed by atoms with E-state index in [9.17, 15) is 9.59 Å². The molecule has 0 atom stereocenters. The lowest BCUT2D eigenvalue weighted by atomic mass is 9.86. The predicted octanol–water partition coefficient (Wildman–Crippen LogP) is 0.772. The first kappa shape index (κ1) is 9.54. The van der Waals surface area contributed by atoms with Gasteiger partial charge in [-0.05, 0) is 25.0 Å². The number of carbonyl (C=O) groups is 2. The van der Waals surface area contributed by atoms with E-state index in [-0.39, 0.29) is 23.9 Å². The maximum Gasteiger partial charge on any atom is 0.261 e.